The molecule has 0 unspecified atom stereocenters. The van der Waals surface area contributed by atoms with Crippen molar-refractivity contribution in [3.05, 3.63) is 59.8 Å². The number of benzene rings is 1. The van der Waals surface area contributed by atoms with Gasteiger partial charge in [-0.3, -0.25) is 4.79 Å². The average Bonchev–Trinajstić information content (AvgIpc) is 2.89. The third-order valence-corrected chi connectivity index (χ3v) is 4.46. The van der Waals surface area contributed by atoms with Gasteiger partial charge in [-0.1, -0.05) is 24.3 Å². The third kappa shape index (κ3) is 4.15. The maximum Gasteiger partial charge on any atom is 0.251 e. The highest BCUT2D eigenvalue weighted by molar-refractivity contribution is 5.94. The molecule has 25 heavy (non-hydrogen) atoms. The predicted molar refractivity (Wildman–Crippen MR) is 92.3 cm³/mol. The Morgan fingerprint density at radius 3 is 2.64 bits per heavy atom. The third-order valence-electron chi connectivity index (χ3n) is 4.46. The smallest absolute Gasteiger partial charge is 0.251 e. The maximum absolute atomic E-state index is 12.2. The van der Waals surface area contributed by atoms with Crippen LogP contribution in [0.2, 0.25) is 0 Å². The van der Waals surface area contributed by atoms with Gasteiger partial charge in [0.1, 0.15) is 6.10 Å². The van der Waals surface area contributed by atoms with Gasteiger partial charge in [0, 0.05) is 23.2 Å². The minimum Gasteiger partial charge on any atom is -0.477 e. The van der Waals surface area contributed by atoms with Gasteiger partial charge in [-0.05, 0) is 31.5 Å². The zero-order valence-electron chi connectivity index (χ0n) is 14.0. The molecule has 6 nitrogen and oxygen atoms in total. The molecule has 1 aliphatic rings. The van der Waals surface area contributed by atoms with E-state index in [9.17, 15) is 15.0 Å². The first-order chi connectivity index (χ1) is 12.0. The molecule has 132 valence electrons. The fourth-order valence-electron chi connectivity index (χ4n) is 3.06. The molecular weight excluding hydrogens is 320 g/mol. The number of pyridine rings is 1. The Kier molecular flexibility index (Phi) is 5.31. The summed E-state index contributed by atoms with van der Waals surface area (Å²) in [5.74, 6) is -0.0596. The molecule has 1 aromatic heterocycles. The summed E-state index contributed by atoms with van der Waals surface area (Å²) in [7, 11) is 0. The van der Waals surface area contributed by atoms with E-state index in [-0.39, 0.29) is 18.4 Å². The molecule has 1 saturated carbocycles. The number of aliphatic hydroxyl groups excluding tert-OH is 2. The number of hydrogen-bond acceptors (Lipinski definition) is 5. The van der Waals surface area contributed by atoms with Crippen LogP contribution in [0.1, 0.15) is 22.5 Å². The molecule has 4 atom stereocenters. The molecule has 1 fully saturated rings. The van der Waals surface area contributed by atoms with E-state index in [1.54, 1.807) is 30.3 Å². The van der Waals surface area contributed by atoms with Crippen LogP contribution < -0.4 is 10.1 Å². The normalized spacial score (nSPS) is 25.6. The van der Waals surface area contributed by atoms with E-state index in [4.69, 9.17) is 4.74 Å². The van der Waals surface area contributed by atoms with E-state index in [2.05, 4.69) is 10.3 Å². The van der Waals surface area contributed by atoms with Crippen LogP contribution in [0.3, 0.4) is 0 Å². The SMILES string of the molecule is Cc1cccc(OC[C@H]2C[C@@H](NC(=O)c3ccccc3)[C@H](O)[C@@H]2O)n1. The Labute approximate surface area is 146 Å². The van der Waals surface area contributed by atoms with Gasteiger partial charge in [0.05, 0.1) is 18.8 Å². The molecule has 1 amide bonds. The largest absolute Gasteiger partial charge is 0.477 e. The highest BCUT2D eigenvalue weighted by Gasteiger charge is 2.42. The van der Waals surface area contributed by atoms with Crippen molar-refractivity contribution in [2.45, 2.75) is 31.6 Å². The van der Waals surface area contributed by atoms with Gasteiger partial charge in [0.25, 0.3) is 5.91 Å². The monoisotopic (exact) mass is 342 g/mol. The van der Waals surface area contributed by atoms with Crippen LogP contribution in [0.4, 0.5) is 0 Å². The van der Waals surface area contributed by atoms with Crippen molar-refractivity contribution in [3.63, 3.8) is 0 Å². The van der Waals surface area contributed by atoms with Crippen LogP contribution in [-0.2, 0) is 0 Å². The lowest BCUT2D eigenvalue weighted by molar-refractivity contribution is 0.00217. The molecule has 1 aliphatic carbocycles. The zero-order valence-corrected chi connectivity index (χ0v) is 14.0. The number of rotatable bonds is 5. The number of nitrogens with zero attached hydrogens (tertiary/aromatic N) is 1. The number of aliphatic hydroxyl groups is 2. The van der Waals surface area contributed by atoms with Crippen LogP contribution in [0.15, 0.2) is 48.5 Å². The minimum absolute atomic E-state index is 0.229. The van der Waals surface area contributed by atoms with E-state index >= 15 is 0 Å². The maximum atomic E-state index is 12.2. The summed E-state index contributed by atoms with van der Waals surface area (Å²) in [6, 6.07) is 13.8. The van der Waals surface area contributed by atoms with Gasteiger partial charge < -0.3 is 20.3 Å². The summed E-state index contributed by atoms with van der Waals surface area (Å²) >= 11 is 0. The second kappa shape index (κ2) is 7.63. The molecule has 1 heterocycles. The van der Waals surface area contributed by atoms with Crippen LogP contribution >= 0.6 is 0 Å². The highest BCUT2D eigenvalue weighted by Crippen LogP contribution is 2.28. The summed E-state index contributed by atoms with van der Waals surface area (Å²) in [4.78, 5) is 16.5. The van der Waals surface area contributed by atoms with E-state index in [1.165, 1.54) is 0 Å². The van der Waals surface area contributed by atoms with Crippen molar-refractivity contribution in [2.75, 3.05) is 6.61 Å². The Morgan fingerprint density at radius 2 is 1.92 bits per heavy atom. The molecule has 0 saturated heterocycles. The number of amides is 1. The summed E-state index contributed by atoms with van der Waals surface area (Å²) in [5.41, 5.74) is 1.37. The number of ether oxygens (including phenoxy) is 1. The Bertz CT molecular complexity index is 722. The molecule has 2 aromatic rings. The van der Waals surface area contributed by atoms with Crippen LogP contribution in [0.25, 0.3) is 0 Å². The fraction of sp³-hybridized carbons (Fsp3) is 0.368. The topological polar surface area (TPSA) is 91.7 Å². The molecule has 0 aliphatic heterocycles. The quantitative estimate of drug-likeness (QED) is 0.762. The molecule has 3 N–H and O–H groups in total. The van der Waals surface area contributed by atoms with Gasteiger partial charge in [-0.15, -0.1) is 0 Å². The van der Waals surface area contributed by atoms with Crippen LogP contribution in [0.5, 0.6) is 5.88 Å². The molecule has 0 radical (unpaired) electrons. The van der Waals surface area contributed by atoms with Crippen molar-refractivity contribution in [3.8, 4) is 5.88 Å². The van der Waals surface area contributed by atoms with Crippen molar-refractivity contribution >= 4 is 5.91 Å². The van der Waals surface area contributed by atoms with Crippen LogP contribution in [-0.4, -0.2) is 46.0 Å². The minimum atomic E-state index is -1.02. The predicted octanol–water partition coefficient (Wildman–Crippen LogP) is 1.31. The lowest BCUT2D eigenvalue weighted by Gasteiger charge is -2.18. The summed E-state index contributed by atoms with van der Waals surface area (Å²) < 4.78 is 5.63. The van der Waals surface area contributed by atoms with Gasteiger partial charge in [0.15, 0.2) is 0 Å². The summed E-state index contributed by atoms with van der Waals surface area (Å²) in [6.07, 6.45) is -1.54. The highest BCUT2D eigenvalue weighted by atomic mass is 16.5. The second-order valence-electron chi connectivity index (χ2n) is 6.35. The number of aryl methyl sites for hydroxylation is 1. The Hall–Kier alpha value is -2.44. The molecular formula is C19H22N2O4. The van der Waals surface area contributed by atoms with Crippen molar-refractivity contribution in [2.24, 2.45) is 5.92 Å². The fourth-order valence-corrected chi connectivity index (χ4v) is 3.06. The summed E-state index contributed by atoms with van der Waals surface area (Å²) in [6.45, 7) is 2.10. The standard InChI is InChI=1S/C19H22N2O4/c1-12-6-5-9-16(20-12)25-11-14-10-15(18(23)17(14)22)21-19(24)13-7-3-2-4-8-13/h2-9,14-15,17-18,22-23H,10-11H2,1H3,(H,21,24)/t14-,15-,17-,18+/m1/s1. The van der Waals surface area contributed by atoms with Crippen molar-refractivity contribution in [1.29, 1.82) is 0 Å². The number of carbonyl (C=O) groups excluding carboxylic acids is 1. The van der Waals surface area contributed by atoms with Gasteiger partial charge in [-0.2, -0.15) is 0 Å². The number of carbonyl (C=O) groups is 1. The van der Waals surface area contributed by atoms with E-state index in [1.807, 2.05) is 25.1 Å². The van der Waals surface area contributed by atoms with Crippen LogP contribution in [0, 0.1) is 12.8 Å². The first-order valence-corrected chi connectivity index (χ1v) is 8.33. The molecule has 3 rings (SSSR count). The number of hydrogen-bond donors (Lipinski definition) is 3. The Balaban J connectivity index is 1.58. The van der Waals surface area contributed by atoms with Crippen molar-refractivity contribution in [1.82, 2.24) is 10.3 Å². The van der Waals surface area contributed by atoms with Crippen molar-refractivity contribution < 1.29 is 19.7 Å². The lowest BCUT2D eigenvalue weighted by Crippen LogP contribution is -2.43. The number of nitrogens with one attached hydrogen (secondary N) is 1. The molecule has 0 spiro atoms. The Morgan fingerprint density at radius 1 is 1.16 bits per heavy atom. The second-order valence-corrected chi connectivity index (χ2v) is 6.35. The van der Waals surface area contributed by atoms with Gasteiger partial charge in [0.2, 0.25) is 5.88 Å². The first kappa shape index (κ1) is 17.4. The van der Waals surface area contributed by atoms with Gasteiger partial charge >= 0.3 is 0 Å². The number of aromatic nitrogens is 1. The zero-order chi connectivity index (χ0) is 17.8. The van der Waals surface area contributed by atoms with Gasteiger partial charge in [-0.25, -0.2) is 4.98 Å². The average molecular weight is 342 g/mol. The van der Waals surface area contributed by atoms with E-state index < -0.39 is 18.2 Å². The van der Waals surface area contributed by atoms with E-state index in [0.29, 0.717) is 17.9 Å². The molecule has 0 bridgehead atoms. The molecule has 6 heteroatoms. The lowest BCUT2D eigenvalue weighted by atomic mass is 10.1. The molecule has 1 aromatic carbocycles. The first-order valence-electron chi connectivity index (χ1n) is 8.33. The summed E-state index contributed by atoms with van der Waals surface area (Å²) in [5, 5.41) is 23.3. The van der Waals surface area contributed by atoms with E-state index in [0.717, 1.165) is 5.69 Å².